The summed E-state index contributed by atoms with van der Waals surface area (Å²) in [5.41, 5.74) is 0.798. The monoisotopic (exact) mass is 431 g/mol. The summed E-state index contributed by atoms with van der Waals surface area (Å²) in [6, 6.07) is 15.0. The Morgan fingerprint density at radius 2 is 1.80 bits per heavy atom. The van der Waals surface area contributed by atoms with Gasteiger partial charge in [0.05, 0.1) is 12.0 Å². The highest BCUT2D eigenvalue weighted by Crippen LogP contribution is 2.25. The Balaban J connectivity index is 1.53. The van der Waals surface area contributed by atoms with Gasteiger partial charge in [-0.1, -0.05) is 30.3 Å². The summed E-state index contributed by atoms with van der Waals surface area (Å²) < 4.78 is 32.2. The zero-order valence-electron chi connectivity index (χ0n) is 16.7. The second kappa shape index (κ2) is 9.73. The van der Waals surface area contributed by atoms with Crippen LogP contribution in [0.1, 0.15) is 18.4 Å². The molecule has 1 aliphatic rings. The zero-order valence-corrected chi connectivity index (χ0v) is 17.5. The zero-order chi connectivity index (χ0) is 21.6. The number of nitrogens with zero attached hydrogens (tertiary/aromatic N) is 1. The molecule has 0 saturated carbocycles. The lowest BCUT2D eigenvalue weighted by Gasteiger charge is -2.24. The fourth-order valence-corrected chi connectivity index (χ4v) is 5.11. The second-order valence-corrected chi connectivity index (χ2v) is 8.86. The highest BCUT2D eigenvalue weighted by molar-refractivity contribution is 7.89. The molecule has 2 aromatic carbocycles. The van der Waals surface area contributed by atoms with E-state index in [1.165, 1.54) is 4.31 Å². The van der Waals surface area contributed by atoms with E-state index < -0.39 is 21.8 Å². The minimum atomic E-state index is -3.64. The number of amides is 2. The SMILES string of the molecule is COc1cccc(CNC(=O)C(=O)NC[C@@H]2CCCN2S(=O)(=O)c2ccccc2)c1. The Kier molecular flexibility index (Phi) is 7.07. The average Bonchev–Trinajstić information content (AvgIpc) is 3.26. The maximum Gasteiger partial charge on any atom is 0.309 e. The Morgan fingerprint density at radius 1 is 1.07 bits per heavy atom. The molecule has 0 aliphatic carbocycles. The van der Waals surface area contributed by atoms with E-state index in [0.29, 0.717) is 25.1 Å². The van der Waals surface area contributed by atoms with Crippen LogP contribution >= 0.6 is 0 Å². The van der Waals surface area contributed by atoms with Crippen molar-refractivity contribution in [1.82, 2.24) is 14.9 Å². The molecule has 0 aromatic heterocycles. The van der Waals surface area contributed by atoms with Gasteiger partial charge < -0.3 is 15.4 Å². The largest absolute Gasteiger partial charge is 0.497 e. The van der Waals surface area contributed by atoms with E-state index in [0.717, 1.165) is 5.56 Å². The van der Waals surface area contributed by atoms with Gasteiger partial charge in [0.25, 0.3) is 0 Å². The van der Waals surface area contributed by atoms with Crippen LogP contribution in [0.3, 0.4) is 0 Å². The number of carbonyl (C=O) groups excluding carboxylic acids is 2. The fourth-order valence-electron chi connectivity index (χ4n) is 3.39. The molecule has 9 heteroatoms. The predicted molar refractivity (Wildman–Crippen MR) is 111 cm³/mol. The van der Waals surface area contributed by atoms with Crippen molar-refractivity contribution in [1.29, 1.82) is 0 Å². The molecule has 1 heterocycles. The van der Waals surface area contributed by atoms with Crippen molar-refractivity contribution >= 4 is 21.8 Å². The van der Waals surface area contributed by atoms with Crippen LogP contribution in [-0.2, 0) is 26.2 Å². The first-order valence-corrected chi connectivity index (χ1v) is 11.1. The number of ether oxygens (including phenoxy) is 1. The standard InChI is InChI=1S/C21H25N3O5S/c1-29-18-9-5-7-16(13-18)14-22-20(25)21(26)23-15-17-8-6-12-24(17)30(27,28)19-10-3-2-4-11-19/h2-5,7,9-11,13,17H,6,8,12,14-15H2,1H3,(H,22,25)(H,23,26)/t17-/m0/s1. The number of sulfonamides is 1. The number of nitrogens with one attached hydrogen (secondary N) is 2. The maximum absolute atomic E-state index is 12.9. The highest BCUT2D eigenvalue weighted by Gasteiger charge is 2.35. The van der Waals surface area contributed by atoms with Gasteiger partial charge in [-0.15, -0.1) is 0 Å². The first-order valence-electron chi connectivity index (χ1n) is 9.67. The van der Waals surface area contributed by atoms with Gasteiger partial charge in [0, 0.05) is 25.7 Å². The van der Waals surface area contributed by atoms with Gasteiger partial charge in [-0.3, -0.25) is 9.59 Å². The number of carbonyl (C=O) groups is 2. The first-order chi connectivity index (χ1) is 14.4. The summed E-state index contributed by atoms with van der Waals surface area (Å²) in [5, 5.41) is 5.11. The predicted octanol–water partition coefficient (Wildman–Crippen LogP) is 1.28. The third kappa shape index (κ3) is 5.17. The van der Waals surface area contributed by atoms with Crippen molar-refractivity contribution in [2.24, 2.45) is 0 Å². The summed E-state index contributed by atoms with van der Waals surface area (Å²) in [4.78, 5) is 24.5. The Hall–Kier alpha value is -2.91. The summed E-state index contributed by atoms with van der Waals surface area (Å²) >= 11 is 0. The minimum Gasteiger partial charge on any atom is -0.497 e. The Bertz CT molecular complexity index is 995. The van der Waals surface area contributed by atoms with E-state index in [1.54, 1.807) is 55.6 Å². The van der Waals surface area contributed by atoms with Crippen LogP contribution in [0.2, 0.25) is 0 Å². The quantitative estimate of drug-likeness (QED) is 0.643. The molecule has 0 spiro atoms. The third-order valence-electron chi connectivity index (χ3n) is 4.96. The highest BCUT2D eigenvalue weighted by atomic mass is 32.2. The molecule has 0 bridgehead atoms. The summed E-state index contributed by atoms with van der Waals surface area (Å²) in [7, 11) is -2.09. The number of benzene rings is 2. The van der Waals surface area contributed by atoms with Crippen LogP contribution in [0.4, 0.5) is 0 Å². The molecular formula is C21H25N3O5S. The van der Waals surface area contributed by atoms with Crippen molar-refractivity contribution in [3.05, 3.63) is 60.2 Å². The molecule has 1 fully saturated rings. The van der Waals surface area contributed by atoms with E-state index in [4.69, 9.17) is 4.74 Å². The number of hydrogen-bond acceptors (Lipinski definition) is 5. The van der Waals surface area contributed by atoms with Gasteiger partial charge in [0.1, 0.15) is 5.75 Å². The molecule has 2 aromatic rings. The van der Waals surface area contributed by atoms with Crippen LogP contribution in [0.25, 0.3) is 0 Å². The lowest BCUT2D eigenvalue weighted by atomic mass is 10.2. The normalized spacial score (nSPS) is 16.8. The molecule has 0 unspecified atom stereocenters. The first kappa shape index (κ1) is 21.8. The van der Waals surface area contributed by atoms with Gasteiger partial charge in [-0.05, 0) is 42.7 Å². The van der Waals surface area contributed by atoms with E-state index >= 15 is 0 Å². The van der Waals surface area contributed by atoms with Crippen LogP contribution < -0.4 is 15.4 Å². The second-order valence-electron chi connectivity index (χ2n) is 6.97. The van der Waals surface area contributed by atoms with Crippen molar-refractivity contribution in [2.75, 3.05) is 20.2 Å². The van der Waals surface area contributed by atoms with Gasteiger partial charge in [-0.2, -0.15) is 4.31 Å². The van der Waals surface area contributed by atoms with Gasteiger partial charge in [0.15, 0.2) is 0 Å². The van der Waals surface area contributed by atoms with Crippen LogP contribution in [0.5, 0.6) is 5.75 Å². The average molecular weight is 432 g/mol. The smallest absolute Gasteiger partial charge is 0.309 e. The Labute approximate surface area is 176 Å². The topological polar surface area (TPSA) is 105 Å². The van der Waals surface area contributed by atoms with Crippen LogP contribution in [-0.4, -0.2) is 50.8 Å². The van der Waals surface area contributed by atoms with Crippen LogP contribution in [0.15, 0.2) is 59.5 Å². The number of rotatable bonds is 7. The van der Waals surface area contributed by atoms with Crippen molar-refractivity contribution < 1.29 is 22.7 Å². The molecule has 160 valence electrons. The molecule has 3 rings (SSSR count). The third-order valence-corrected chi connectivity index (χ3v) is 6.93. The summed E-state index contributed by atoms with van der Waals surface area (Å²) in [6.45, 7) is 0.651. The molecule has 1 saturated heterocycles. The number of methoxy groups -OCH3 is 1. The molecule has 2 N–H and O–H groups in total. The van der Waals surface area contributed by atoms with E-state index in [2.05, 4.69) is 10.6 Å². The van der Waals surface area contributed by atoms with Crippen molar-refractivity contribution in [3.8, 4) is 5.75 Å². The maximum atomic E-state index is 12.9. The van der Waals surface area contributed by atoms with Crippen LogP contribution in [0, 0.1) is 0 Å². The van der Waals surface area contributed by atoms with Gasteiger partial charge in [-0.25, -0.2) is 8.42 Å². The lowest BCUT2D eigenvalue weighted by molar-refractivity contribution is -0.139. The van der Waals surface area contributed by atoms with Crippen molar-refractivity contribution in [3.63, 3.8) is 0 Å². The lowest BCUT2D eigenvalue weighted by Crippen LogP contribution is -2.46. The summed E-state index contributed by atoms with van der Waals surface area (Å²) in [5.74, 6) is -0.901. The molecule has 30 heavy (non-hydrogen) atoms. The molecule has 0 radical (unpaired) electrons. The molecule has 1 aliphatic heterocycles. The van der Waals surface area contributed by atoms with E-state index in [-0.39, 0.29) is 24.0 Å². The Morgan fingerprint density at radius 3 is 2.53 bits per heavy atom. The van der Waals surface area contributed by atoms with Gasteiger partial charge in [0.2, 0.25) is 10.0 Å². The molecule has 2 amide bonds. The molecule has 8 nitrogen and oxygen atoms in total. The fraction of sp³-hybridized carbons (Fsp3) is 0.333. The van der Waals surface area contributed by atoms with Crippen molar-refractivity contribution in [2.45, 2.75) is 30.3 Å². The number of hydrogen-bond donors (Lipinski definition) is 2. The molecular weight excluding hydrogens is 406 g/mol. The molecule has 1 atom stereocenters. The summed E-state index contributed by atoms with van der Waals surface area (Å²) in [6.07, 6.45) is 1.33. The van der Waals surface area contributed by atoms with E-state index in [1.807, 2.05) is 6.07 Å². The van der Waals surface area contributed by atoms with Gasteiger partial charge >= 0.3 is 11.8 Å². The van der Waals surface area contributed by atoms with E-state index in [9.17, 15) is 18.0 Å². The minimum absolute atomic E-state index is 0.0808.